The van der Waals surface area contributed by atoms with Gasteiger partial charge in [-0.25, -0.2) is 14.2 Å². The molecule has 0 fully saturated rings. The van der Waals surface area contributed by atoms with Crippen LogP contribution in [0.1, 0.15) is 31.9 Å². The lowest BCUT2D eigenvalue weighted by Gasteiger charge is -2.36. The Morgan fingerprint density at radius 2 is 2.00 bits per heavy atom. The molecule has 2 aromatic rings. The zero-order valence-corrected chi connectivity index (χ0v) is 19.7. The summed E-state index contributed by atoms with van der Waals surface area (Å²) in [6, 6.07) is 10.6. The number of nitrogens with one attached hydrogen (secondary N) is 1. The molecule has 0 saturated heterocycles. The number of rotatable bonds is 7. The smallest absolute Gasteiger partial charge is 0.338 e. The Balaban J connectivity index is 1.69. The van der Waals surface area contributed by atoms with Crippen LogP contribution in [0.5, 0.6) is 0 Å². The number of nitro benzene ring substituents is 1. The van der Waals surface area contributed by atoms with Crippen LogP contribution in [0, 0.1) is 15.9 Å². The molecule has 4 rings (SSSR count). The van der Waals surface area contributed by atoms with Crippen LogP contribution in [0.3, 0.4) is 0 Å². The molecule has 0 unspecified atom stereocenters. The Morgan fingerprint density at radius 1 is 1.26 bits per heavy atom. The molecule has 2 aromatic carbocycles. The number of thioether (sulfide) groups is 1. The minimum absolute atomic E-state index is 0.0655. The number of anilines is 1. The van der Waals surface area contributed by atoms with Crippen LogP contribution < -0.4 is 5.32 Å². The van der Waals surface area contributed by atoms with Crippen molar-refractivity contribution >= 4 is 40.2 Å². The molecule has 0 bridgehead atoms. The minimum atomic E-state index is -0.777. The highest BCUT2D eigenvalue weighted by atomic mass is 32.2. The Kier molecular flexibility index (Phi) is 6.97. The third kappa shape index (κ3) is 5.09. The average Bonchev–Trinajstić information content (AvgIpc) is 3.21. The highest BCUT2D eigenvalue weighted by molar-refractivity contribution is 8.16. The topological polar surface area (TPSA) is 114 Å². The number of nitrogens with zero attached hydrogens (tertiary/aromatic N) is 3. The molecular formula is C24H21FN4O5S. The van der Waals surface area contributed by atoms with Gasteiger partial charge in [0.05, 0.1) is 35.3 Å². The third-order valence-corrected chi connectivity index (χ3v) is 6.25. The third-order valence-electron chi connectivity index (χ3n) is 5.36. The number of esters is 1. The van der Waals surface area contributed by atoms with Gasteiger partial charge >= 0.3 is 5.97 Å². The van der Waals surface area contributed by atoms with Crippen molar-refractivity contribution in [2.75, 3.05) is 11.9 Å². The number of hydrogen-bond acceptors (Lipinski definition) is 8. The summed E-state index contributed by atoms with van der Waals surface area (Å²) in [4.78, 5) is 42.9. The van der Waals surface area contributed by atoms with Gasteiger partial charge in [-0.15, -0.1) is 0 Å². The number of halogens is 1. The van der Waals surface area contributed by atoms with E-state index in [1.165, 1.54) is 48.2 Å². The summed E-state index contributed by atoms with van der Waals surface area (Å²) in [5, 5.41) is 16.4. The fraction of sp³-hybridized carbons (Fsp3) is 0.208. The van der Waals surface area contributed by atoms with E-state index in [1.807, 2.05) is 0 Å². The van der Waals surface area contributed by atoms with Gasteiger partial charge < -0.3 is 15.0 Å². The lowest BCUT2D eigenvalue weighted by Crippen LogP contribution is -2.37. The number of aliphatic imine (C=N–C) groups is 1. The molecule has 180 valence electrons. The summed E-state index contributed by atoms with van der Waals surface area (Å²) < 4.78 is 18.5. The van der Waals surface area contributed by atoms with E-state index in [-0.39, 0.29) is 30.2 Å². The lowest BCUT2D eigenvalue weighted by molar-refractivity contribution is -0.384. The average molecular weight is 497 g/mol. The summed E-state index contributed by atoms with van der Waals surface area (Å²) in [6.45, 7) is 3.51. The van der Waals surface area contributed by atoms with Gasteiger partial charge in [-0.2, -0.15) is 0 Å². The predicted molar refractivity (Wildman–Crippen MR) is 130 cm³/mol. The molecule has 0 aliphatic carbocycles. The molecule has 2 aliphatic rings. The van der Waals surface area contributed by atoms with E-state index in [1.54, 1.807) is 36.3 Å². The van der Waals surface area contributed by atoms with E-state index < -0.39 is 22.8 Å². The Bertz CT molecular complexity index is 1290. The van der Waals surface area contributed by atoms with Gasteiger partial charge in [-0.3, -0.25) is 14.9 Å². The van der Waals surface area contributed by atoms with Crippen LogP contribution in [0.15, 0.2) is 75.9 Å². The van der Waals surface area contributed by atoms with Crippen molar-refractivity contribution in [2.45, 2.75) is 26.3 Å². The second-order valence-electron chi connectivity index (χ2n) is 7.70. The number of amides is 1. The lowest BCUT2D eigenvalue weighted by atomic mass is 9.93. The summed E-state index contributed by atoms with van der Waals surface area (Å²) >= 11 is 1.29. The van der Waals surface area contributed by atoms with Gasteiger partial charge in [0.25, 0.3) is 5.69 Å². The van der Waals surface area contributed by atoms with Crippen molar-refractivity contribution < 1.29 is 23.6 Å². The molecule has 2 aliphatic heterocycles. The van der Waals surface area contributed by atoms with Crippen LogP contribution in [-0.4, -0.2) is 33.5 Å². The summed E-state index contributed by atoms with van der Waals surface area (Å²) in [5.41, 5.74) is 2.03. The zero-order valence-electron chi connectivity index (χ0n) is 18.9. The molecule has 35 heavy (non-hydrogen) atoms. The van der Waals surface area contributed by atoms with Gasteiger partial charge in [0.15, 0.2) is 5.17 Å². The monoisotopic (exact) mass is 496 g/mol. The van der Waals surface area contributed by atoms with Crippen molar-refractivity contribution in [1.29, 1.82) is 0 Å². The maximum Gasteiger partial charge on any atom is 0.338 e. The van der Waals surface area contributed by atoms with E-state index in [0.29, 0.717) is 27.8 Å². The maximum absolute atomic E-state index is 13.2. The van der Waals surface area contributed by atoms with Gasteiger partial charge in [0, 0.05) is 23.5 Å². The van der Waals surface area contributed by atoms with Crippen molar-refractivity contribution in [2.24, 2.45) is 4.99 Å². The van der Waals surface area contributed by atoms with Crippen molar-refractivity contribution in [3.63, 3.8) is 0 Å². The highest BCUT2D eigenvalue weighted by Gasteiger charge is 2.41. The van der Waals surface area contributed by atoms with Crippen molar-refractivity contribution in [1.82, 2.24) is 4.90 Å². The molecule has 2 heterocycles. The number of allylic oxidation sites excluding steroid dienone is 1. The molecule has 1 amide bonds. The molecule has 0 radical (unpaired) electrons. The number of benzene rings is 2. The zero-order chi connectivity index (χ0) is 25.1. The largest absolute Gasteiger partial charge is 0.463 e. The number of non-ortho nitro benzene ring substituents is 1. The summed E-state index contributed by atoms with van der Waals surface area (Å²) in [6.07, 6.45) is -0.0655. The van der Waals surface area contributed by atoms with Crippen LogP contribution >= 0.6 is 11.8 Å². The highest BCUT2D eigenvalue weighted by Crippen LogP contribution is 2.45. The van der Waals surface area contributed by atoms with Crippen molar-refractivity contribution in [3.8, 4) is 0 Å². The standard InChI is InChI=1S/C24H21FN4O5S/c1-3-34-23(31)21-14(2)26-24-28(22(21)15-5-4-6-18(11-15)29(32)33)19(13-35-24)12-20(30)27-17-9-7-16(25)8-10-17/h4-11,13,22H,3,12H2,1-2H3,(H,27,30)/t22-/m0/s1. The maximum atomic E-state index is 13.2. The number of carbonyl (C=O) groups is 2. The Hall–Kier alpha value is -3.99. The van der Waals surface area contributed by atoms with Crippen LogP contribution in [0.4, 0.5) is 15.8 Å². The van der Waals surface area contributed by atoms with Crippen LogP contribution in [-0.2, 0) is 14.3 Å². The normalized spacial score (nSPS) is 16.9. The fourth-order valence-electron chi connectivity index (χ4n) is 3.87. The van der Waals surface area contributed by atoms with E-state index in [0.717, 1.165) is 0 Å². The first-order chi connectivity index (χ1) is 16.8. The fourth-order valence-corrected chi connectivity index (χ4v) is 4.83. The number of ether oxygens (including phenoxy) is 1. The van der Waals surface area contributed by atoms with E-state index in [2.05, 4.69) is 10.3 Å². The number of nitro groups is 1. The Labute approximate surface area is 204 Å². The molecule has 0 saturated carbocycles. The number of hydrogen-bond donors (Lipinski definition) is 1. The molecule has 0 aromatic heterocycles. The van der Waals surface area contributed by atoms with E-state index >= 15 is 0 Å². The van der Waals surface area contributed by atoms with Crippen molar-refractivity contribution in [3.05, 3.63) is 92.4 Å². The quantitative estimate of drug-likeness (QED) is 0.329. The van der Waals surface area contributed by atoms with Crippen LogP contribution in [0.25, 0.3) is 0 Å². The van der Waals surface area contributed by atoms with Gasteiger partial charge in [0.2, 0.25) is 5.91 Å². The van der Waals surface area contributed by atoms with Gasteiger partial charge in [0.1, 0.15) is 5.82 Å². The summed E-state index contributed by atoms with van der Waals surface area (Å²) in [5.74, 6) is -1.36. The summed E-state index contributed by atoms with van der Waals surface area (Å²) in [7, 11) is 0. The Morgan fingerprint density at radius 3 is 2.69 bits per heavy atom. The molecule has 0 spiro atoms. The molecule has 9 nitrogen and oxygen atoms in total. The van der Waals surface area contributed by atoms with Gasteiger partial charge in [-0.05, 0) is 49.1 Å². The SMILES string of the molecule is CCOC(=O)C1=C(C)N=C2SC=C(CC(=O)Nc3ccc(F)cc3)N2[C@H]1c1cccc([N+](=O)[O-])c1. The first-order valence-corrected chi connectivity index (χ1v) is 11.6. The van der Waals surface area contributed by atoms with E-state index in [9.17, 15) is 24.1 Å². The number of amidine groups is 1. The second kappa shape index (κ2) is 10.1. The van der Waals surface area contributed by atoms with Gasteiger partial charge in [-0.1, -0.05) is 23.9 Å². The molecular weight excluding hydrogens is 475 g/mol. The molecule has 1 atom stereocenters. The molecule has 11 heteroatoms. The van der Waals surface area contributed by atoms with E-state index in [4.69, 9.17) is 4.74 Å². The molecule has 1 N–H and O–H groups in total. The second-order valence-corrected chi connectivity index (χ2v) is 8.53. The van der Waals surface area contributed by atoms with Crippen LogP contribution in [0.2, 0.25) is 0 Å². The minimum Gasteiger partial charge on any atom is -0.463 e. The first-order valence-electron chi connectivity index (χ1n) is 10.7. The first kappa shape index (κ1) is 24.1. The number of carbonyl (C=O) groups excluding carboxylic acids is 2. The predicted octanol–water partition coefficient (Wildman–Crippen LogP) is 4.90. The number of fused-ring (bicyclic) bond motifs is 1.